The fourth-order valence-electron chi connectivity index (χ4n) is 1.52. The van der Waals surface area contributed by atoms with Crippen LogP contribution in [0.1, 0.15) is 12.5 Å². The van der Waals surface area contributed by atoms with E-state index in [-0.39, 0.29) is 12.2 Å². The third-order valence-corrected chi connectivity index (χ3v) is 2.33. The van der Waals surface area contributed by atoms with Gasteiger partial charge in [0.15, 0.2) is 0 Å². The van der Waals surface area contributed by atoms with E-state index in [0.29, 0.717) is 0 Å². The number of nitriles is 1. The van der Waals surface area contributed by atoms with Crippen LogP contribution in [0.15, 0.2) is 42.4 Å². The summed E-state index contributed by atoms with van der Waals surface area (Å²) in [5, 5.41) is 9.08. The van der Waals surface area contributed by atoms with Gasteiger partial charge in [-0.25, -0.2) is 4.79 Å². The van der Waals surface area contributed by atoms with Gasteiger partial charge in [0.05, 0.1) is 6.61 Å². The first-order valence-electron chi connectivity index (χ1n) is 6.16. The average Bonchev–Trinajstić information content (AvgIpc) is 2.44. The lowest BCUT2D eigenvalue weighted by atomic mass is 10.1. The fourth-order valence-corrected chi connectivity index (χ4v) is 1.52. The number of hydrogen-bond donors (Lipinski definition) is 0. The zero-order valence-corrected chi connectivity index (χ0v) is 11.8. The summed E-state index contributed by atoms with van der Waals surface area (Å²) in [6, 6.07) is 5.49. The minimum absolute atomic E-state index is 0.0308. The van der Waals surface area contributed by atoms with Crippen LogP contribution in [0.3, 0.4) is 0 Å². The minimum atomic E-state index is -0.617. The van der Waals surface area contributed by atoms with Crippen molar-refractivity contribution in [3.05, 3.63) is 47.9 Å². The maximum absolute atomic E-state index is 11.7. The number of esters is 1. The standard InChI is InChI=1S/C15H17N3O2/c1-4-20-15(19)13(10-16)9-14(11-18(2)3)12-5-7-17-8-6-12/h5-9,11H,4H2,1-3H3/b13-9+,14-11+. The van der Waals surface area contributed by atoms with Crippen LogP contribution in [0, 0.1) is 11.3 Å². The quantitative estimate of drug-likeness (QED) is 0.354. The van der Waals surface area contributed by atoms with E-state index in [2.05, 4.69) is 4.98 Å². The summed E-state index contributed by atoms with van der Waals surface area (Å²) in [4.78, 5) is 17.5. The van der Waals surface area contributed by atoms with Gasteiger partial charge in [0.2, 0.25) is 0 Å². The van der Waals surface area contributed by atoms with Gasteiger partial charge in [0.1, 0.15) is 11.6 Å². The number of carbonyl (C=O) groups is 1. The van der Waals surface area contributed by atoms with Gasteiger partial charge in [-0.2, -0.15) is 5.26 Å². The first-order chi connectivity index (χ1) is 9.58. The molecular weight excluding hydrogens is 254 g/mol. The Morgan fingerprint density at radius 1 is 1.45 bits per heavy atom. The van der Waals surface area contributed by atoms with E-state index in [1.54, 1.807) is 19.3 Å². The summed E-state index contributed by atoms with van der Waals surface area (Å²) in [6.45, 7) is 1.94. The third-order valence-electron chi connectivity index (χ3n) is 2.33. The summed E-state index contributed by atoms with van der Waals surface area (Å²) in [5.74, 6) is -0.617. The van der Waals surface area contributed by atoms with Crippen LogP contribution in [0.4, 0.5) is 0 Å². The summed E-state index contributed by atoms with van der Waals surface area (Å²) < 4.78 is 4.85. The molecule has 0 unspecified atom stereocenters. The SMILES string of the molecule is CCOC(=O)/C(C#N)=C/C(=C\N(C)C)c1ccncc1. The second kappa shape index (κ2) is 7.74. The fraction of sp³-hybridized carbons (Fsp3) is 0.267. The van der Waals surface area contributed by atoms with Crippen LogP contribution in [-0.2, 0) is 9.53 Å². The van der Waals surface area contributed by atoms with Gasteiger partial charge >= 0.3 is 5.97 Å². The highest BCUT2D eigenvalue weighted by molar-refractivity contribution is 5.96. The lowest BCUT2D eigenvalue weighted by Crippen LogP contribution is -2.07. The zero-order chi connectivity index (χ0) is 15.0. The topological polar surface area (TPSA) is 66.2 Å². The lowest BCUT2D eigenvalue weighted by Gasteiger charge is -2.09. The maximum atomic E-state index is 11.7. The third kappa shape index (κ3) is 4.58. The molecule has 0 bridgehead atoms. The molecule has 104 valence electrons. The highest BCUT2D eigenvalue weighted by Gasteiger charge is 2.11. The van der Waals surface area contributed by atoms with Gasteiger partial charge < -0.3 is 9.64 Å². The Bertz CT molecular complexity index is 554. The molecule has 0 aromatic carbocycles. The van der Waals surface area contributed by atoms with Crippen LogP contribution < -0.4 is 0 Å². The van der Waals surface area contributed by atoms with E-state index in [1.807, 2.05) is 43.4 Å². The molecule has 0 amide bonds. The van der Waals surface area contributed by atoms with Crippen LogP contribution in [0.5, 0.6) is 0 Å². The maximum Gasteiger partial charge on any atom is 0.348 e. The van der Waals surface area contributed by atoms with Gasteiger partial charge in [-0.05, 0) is 36.3 Å². The summed E-state index contributed by atoms with van der Waals surface area (Å²) in [5.41, 5.74) is 1.57. The van der Waals surface area contributed by atoms with E-state index in [4.69, 9.17) is 10.00 Å². The van der Waals surface area contributed by atoms with Gasteiger partial charge in [-0.1, -0.05) is 0 Å². The van der Waals surface area contributed by atoms with Gasteiger partial charge in [0, 0.05) is 32.7 Å². The number of hydrogen-bond acceptors (Lipinski definition) is 5. The predicted molar refractivity (Wildman–Crippen MR) is 76.2 cm³/mol. The Morgan fingerprint density at radius 2 is 2.10 bits per heavy atom. The predicted octanol–water partition coefficient (Wildman–Crippen LogP) is 2.00. The van der Waals surface area contributed by atoms with E-state index >= 15 is 0 Å². The normalized spacial score (nSPS) is 11.7. The van der Waals surface area contributed by atoms with E-state index in [0.717, 1.165) is 11.1 Å². The monoisotopic (exact) mass is 271 g/mol. The number of carbonyl (C=O) groups excluding carboxylic acids is 1. The number of rotatable bonds is 5. The summed E-state index contributed by atoms with van der Waals surface area (Å²) in [7, 11) is 3.73. The van der Waals surface area contributed by atoms with Crippen molar-refractivity contribution in [2.45, 2.75) is 6.92 Å². The number of ether oxygens (including phenoxy) is 1. The molecular formula is C15H17N3O2. The van der Waals surface area contributed by atoms with E-state index < -0.39 is 5.97 Å². The van der Waals surface area contributed by atoms with Gasteiger partial charge in [-0.3, -0.25) is 4.98 Å². The molecule has 5 heteroatoms. The zero-order valence-electron chi connectivity index (χ0n) is 11.8. The molecule has 0 aliphatic rings. The Kier molecular flexibility index (Phi) is 5.98. The van der Waals surface area contributed by atoms with Crippen molar-refractivity contribution in [2.75, 3.05) is 20.7 Å². The Hall–Kier alpha value is -2.61. The molecule has 1 aromatic rings. The summed E-state index contributed by atoms with van der Waals surface area (Å²) >= 11 is 0. The molecule has 0 aliphatic heterocycles. The van der Waals surface area contributed by atoms with Gasteiger partial charge in [-0.15, -0.1) is 0 Å². The van der Waals surface area contributed by atoms with Crippen molar-refractivity contribution in [3.63, 3.8) is 0 Å². The average molecular weight is 271 g/mol. The van der Waals surface area contributed by atoms with Crippen LogP contribution in [0.2, 0.25) is 0 Å². The number of pyridine rings is 1. The molecule has 5 nitrogen and oxygen atoms in total. The van der Waals surface area contributed by atoms with Crippen LogP contribution in [0.25, 0.3) is 5.57 Å². The van der Waals surface area contributed by atoms with Crippen molar-refractivity contribution in [2.24, 2.45) is 0 Å². The van der Waals surface area contributed by atoms with Crippen molar-refractivity contribution < 1.29 is 9.53 Å². The molecule has 1 heterocycles. The molecule has 0 fully saturated rings. The summed E-state index contributed by atoms with van der Waals surface area (Å²) in [6.07, 6.45) is 6.66. The molecule has 0 atom stereocenters. The highest BCUT2D eigenvalue weighted by atomic mass is 16.5. The number of nitrogens with zero attached hydrogens (tertiary/aromatic N) is 3. The largest absolute Gasteiger partial charge is 0.462 e. The Balaban J connectivity index is 3.20. The van der Waals surface area contributed by atoms with Crippen molar-refractivity contribution in [3.8, 4) is 6.07 Å². The van der Waals surface area contributed by atoms with E-state index in [9.17, 15) is 4.79 Å². The molecule has 20 heavy (non-hydrogen) atoms. The smallest absolute Gasteiger partial charge is 0.348 e. The molecule has 0 N–H and O–H groups in total. The number of allylic oxidation sites excluding steroid dienone is 2. The Morgan fingerprint density at radius 3 is 2.60 bits per heavy atom. The van der Waals surface area contributed by atoms with Crippen molar-refractivity contribution >= 4 is 11.5 Å². The first-order valence-corrected chi connectivity index (χ1v) is 6.16. The first kappa shape index (κ1) is 15.4. The highest BCUT2D eigenvalue weighted by Crippen LogP contribution is 2.17. The van der Waals surface area contributed by atoms with Crippen LogP contribution in [-0.4, -0.2) is 36.6 Å². The molecule has 0 radical (unpaired) electrons. The van der Waals surface area contributed by atoms with E-state index in [1.165, 1.54) is 6.08 Å². The second-order valence-electron chi connectivity index (χ2n) is 4.17. The van der Waals surface area contributed by atoms with Crippen molar-refractivity contribution in [1.29, 1.82) is 5.26 Å². The second-order valence-corrected chi connectivity index (χ2v) is 4.17. The molecule has 0 spiro atoms. The molecule has 1 rings (SSSR count). The molecule has 0 saturated carbocycles. The molecule has 0 aliphatic carbocycles. The van der Waals surface area contributed by atoms with Gasteiger partial charge in [0.25, 0.3) is 0 Å². The van der Waals surface area contributed by atoms with Crippen LogP contribution >= 0.6 is 0 Å². The number of aromatic nitrogens is 1. The molecule has 1 aromatic heterocycles. The van der Waals surface area contributed by atoms with Crippen molar-refractivity contribution in [1.82, 2.24) is 9.88 Å². The minimum Gasteiger partial charge on any atom is -0.462 e. The lowest BCUT2D eigenvalue weighted by molar-refractivity contribution is -0.138. The Labute approximate surface area is 118 Å². The molecule has 0 saturated heterocycles.